The van der Waals surface area contributed by atoms with E-state index in [9.17, 15) is 4.79 Å². The second-order valence-electron chi connectivity index (χ2n) is 8.22. The molecule has 0 saturated heterocycles. The number of nitrogens with zero attached hydrogens (tertiary/aromatic N) is 2. The number of benzene rings is 2. The van der Waals surface area contributed by atoms with Crippen LogP contribution in [0.3, 0.4) is 0 Å². The fourth-order valence-electron chi connectivity index (χ4n) is 3.19. The van der Waals surface area contributed by atoms with Gasteiger partial charge in [-0.2, -0.15) is 5.10 Å². The summed E-state index contributed by atoms with van der Waals surface area (Å²) in [7, 11) is 0. The zero-order valence-electron chi connectivity index (χ0n) is 19.5. The van der Waals surface area contributed by atoms with Crippen molar-refractivity contribution in [3.63, 3.8) is 0 Å². The molecule has 0 aliphatic heterocycles. The van der Waals surface area contributed by atoms with Gasteiger partial charge in [-0.15, -0.1) is 12.4 Å². The summed E-state index contributed by atoms with van der Waals surface area (Å²) in [4.78, 5) is 12.7. The van der Waals surface area contributed by atoms with Crippen molar-refractivity contribution < 1.29 is 9.53 Å². The van der Waals surface area contributed by atoms with E-state index in [1.807, 2.05) is 60.1 Å². The number of aryl methyl sites for hydroxylation is 1. The largest absolute Gasteiger partial charge is 0.493 e. The number of hydrogen-bond donors (Lipinski definition) is 2. The SMILES string of the molecule is CCNCc1ccc(C(=O)Nc2cc(C)n(Cc3cc(Br)ccc3OCC(C)C)n2)cc1.Cl. The van der Waals surface area contributed by atoms with Gasteiger partial charge in [-0.3, -0.25) is 9.48 Å². The predicted octanol–water partition coefficient (Wildman–Crippen LogP) is 5.82. The van der Waals surface area contributed by atoms with Crippen LogP contribution in [0.1, 0.15) is 48.0 Å². The van der Waals surface area contributed by atoms with Gasteiger partial charge >= 0.3 is 0 Å². The second-order valence-corrected chi connectivity index (χ2v) is 9.13. The van der Waals surface area contributed by atoms with E-state index in [0.717, 1.165) is 40.1 Å². The number of carbonyl (C=O) groups is 1. The van der Waals surface area contributed by atoms with Gasteiger partial charge in [0.25, 0.3) is 5.91 Å². The Morgan fingerprint density at radius 1 is 1.15 bits per heavy atom. The van der Waals surface area contributed by atoms with Gasteiger partial charge < -0.3 is 15.4 Å². The number of carbonyl (C=O) groups excluding carboxylic acids is 1. The lowest BCUT2D eigenvalue weighted by molar-refractivity contribution is 0.102. The third-order valence-electron chi connectivity index (χ3n) is 4.93. The molecule has 2 N–H and O–H groups in total. The van der Waals surface area contributed by atoms with Crippen LogP contribution >= 0.6 is 28.3 Å². The Labute approximate surface area is 210 Å². The van der Waals surface area contributed by atoms with Crippen molar-refractivity contribution in [1.82, 2.24) is 15.1 Å². The molecule has 2 aromatic carbocycles. The number of ether oxygens (including phenoxy) is 1. The predicted molar refractivity (Wildman–Crippen MR) is 140 cm³/mol. The smallest absolute Gasteiger partial charge is 0.256 e. The topological polar surface area (TPSA) is 68.2 Å². The maximum Gasteiger partial charge on any atom is 0.256 e. The third-order valence-corrected chi connectivity index (χ3v) is 5.43. The Hall–Kier alpha value is -2.35. The summed E-state index contributed by atoms with van der Waals surface area (Å²) in [5.41, 5.74) is 3.73. The average molecular weight is 536 g/mol. The van der Waals surface area contributed by atoms with E-state index in [2.05, 4.69) is 52.4 Å². The zero-order valence-corrected chi connectivity index (χ0v) is 21.9. The Balaban J connectivity index is 0.00000385. The van der Waals surface area contributed by atoms with Gasteiger partial charge in [0.05, 0.1) is 13.2 Å². The van der Waals surface area contributed by atoms with Crippen LogP contribution in [0.2, 0.25) is 0 Å². The van der Waals surface area contributed by atoms with Crippen molar-refractivity contribution in [2.45, 2.75) is 40.8 Å². The van der Waals surface area contributed by atoms with Crippen LogP contribution in [-0.4, -0.2) is 28.8 Å². The molecule has 0 aliphatic rings. The molecular weight excluding hydrogens is 504 g/mol. The van der Waals surface area contributed by atoms with Gasteiger partial charge in [-0.25, -0.2) is 0 Å². The van der Waals surface area contributed by atoms with Gasteiger partial charge in [0.1, 0.15) is 5.75 Å². The minimum Gasteiger partial charge on any atom is -0.493 e. The van der Waals surface area contributed by atoms with E-state index in [0.29, 0.717) is 30.5 Å². The van der Waals surface area contributed by atoms with E-state index >= 15 is 0 Å². The average Bonchev–Trinajstić information content (AvgIpc) is 3.10. The van der Waals surface area contributed by atoms with E-state index in [1.165, 1.54) is 0 Å². The highest BCUT2D eigenvalue weighted by atomic mass is 79.9. The third kappa shape index (κ3) is 7.88. The molecule has 178 valence electrons. The molecule has 0 saturated carbocycles. The molecular formula is C25H32BrClN4O2. The molecule has 0 aliphatic carbocycles. The Morgan fingerprint density at radius 2 is 1.88 bits per heavy atom. The lowest BCUT2D eigenvalue weighted by Gasteiger charge is -2.14. The number of amides is 1. The molecule has 3 aromatic rings. The highest BCUT2D eigenvalue weighted by Crippen LogP contribution is 2.25. The minimum atomic E-state index is -0.173. The van der Waals surface area contributed by atoms with Crippen molar-refractivity contribution in [3.05, 3.63) is 75.4 Å². The van der Waals surface area contributed by atoms with E-state index < -0.39 is 0 Å². The molecule has 0 atom stereocenters. The number of halogens is 2. The summed E-state index contributed by atoms with van der Waals surface area (Å²) in [5.74, 6) is 1.65. The van der Waals surface area contributed by atoms with Gasteiger partial charge in [0.2, 0.25) is 0 Å². The van der Waals surface area contributed by atoms with Crippen LogP contribution in [0.4, 0.5) is 5.82 Å². The molecule has 0 bridgehead atoms. The summed E-state index contributed by atoms with van der Waals surface area (Å²) in [6, 6.07) is 15.5. The number of nitrogens with one attached hydrogen (secondary N) is 2. The summed E-state index contributed by atoms with van der Waals surface area (Å²) in [6.45, 7) is 11.2. The monoisotopic (exact) mass is 534 g/mol. The van der Waals surface area contributed by atoms with Crippen molar-refractivity contribution in [2.24, 2.45) is 5.92 Å². The first-order valence-electron chi connectivity index (χ1n) is 10.9. The minimum absolute atomic E-state index is 0. The Kier molecular flexibility index (Phi) is 10.4. The molecule has 1 aromatic heterocycles. The summed E-state index contributed by atoms with van der Waals surface area (Å²) >= 11 is 3.54. The van der Waals surface area contributed by atoms with Crippen LogP contribution in [0, 0.1) is 12.8 Å². The number of hydrogen-bond acceptors (Lipinski definition) is 4. The first-order valence-corrected chi connectivity index (χ1v) is 11.7. The van der Waals surface area contributed by atoms with E-state index in [4.69, 9.17) is 4.74 Å². The van der Waals surface area contributed by atoms with Crippen LogP contribution in [0.15, 0.2) is 53.0 Å². The molecule has 3 rings (SSSR count). The quantitative estimate of drug-likeness (QED) is 0.343. The van der Waals surface area contributed by atoms with Gasteiger partial charge in [0.15, 0.2) is 5.82 Å². The summed E-state index contributed by atoms with van der Waals surface area (Å²) in [6.07, 6.45) is 0. The standard InChI is InChI=1S/C25H31BrN4O2.ClH/c1-5-27-14-19-6-8-20(9-7-19)25(31)28-24-12-18(4)30(29-24)15-21-13-22(26)10-11-23(21)32-16-17(2)3;/h6-13,17,27H,5,14-16H2,1-4H3,(H,28,29,31);1H. The molecule has 1 amide bonds. The maximum atomic E-state index is 12.7. The fourth-order valence-corrected chi connectivity index (χ4v) is 3.60. The van der Waals surface area contributed by atoms with Crippen LogP contribution in [-0.2, 0) is 13.1 Å². The molecule has 1 heterocycles. The van der Waals surface area contributed by atoms with Gasteiger partial charge in [0, 0.05) is 33.9 Å². The molecule has 0 spiro atoms. The highest BCUT2D eigenvalue weighted by molar-refractivity contribution is 9.10. The van der Waals surface area contributed by atoms with Crippen LogP contribution < -0.4 is 15.4 Å². The molecule has 8 heteroatoms. The van der Waals surface area contributed by atoms with E-state index in [1.54, 1.807) is 0 Å². The molecule has 33 heavy (non-hydrogen) atoms. The number of anilines is 1. The maximum absolute atomic E-state index is 12.7. The first kappa shape index (κ1) is 26.9. The van der Waals surface area contributed by atoms with Gasteiger partial charge in [-0.1, -0.05) is 48.8 Å². The second kappa shape index (κ2) is 12.8. The molecule has 0 radical (unpaired) electrons. The Morgan fingerprint density at radius 3 is 2.55 bits per heavy atom. The van der Waals surface area contributed by atoms with Crippen LogP contribution in [0.25, 0.3) is 0 Å². The normalized spacial score (nSPS) is 10.7. The Bertz CT molecular complexity index is 1050. The van der Waals surface area contributed by atoms with Crippen molar-refractivity contribution >= 4 is 40.1 Å². The number of rotatable bonds is 10. The summed E-state index contributed by atoms with van der Waals surface area (Å²) in [5, 5.41) is 10.8. The fraction of sp³-hybridized carbons (Fsp3) is 0.360. The van der Waals surface area contributed by atoms with Crippen LogP contribution in [0.5, 0.6) is 5.75 Å². The summed E-state index contributed by atoms with van der Waals surface area (Å²) < 4.78 is 8.85. The lowest BCUT2D eigenvalue weighted by atomic mass is 10.1. The first-order chi connectivity index (χ1) is 15.4. The van der Waals surface area contributed by atoms with Crippen molar-refractivity contribution in [1.29, 1.82) is 0 Å². The molecule has 0 unspecified atom stereocenters. The molecule has 0 fully saturated rings. The number of aromatic nitrogens is 2. The highest BCUT2D eigenvalue weighted by Gasteiger charge is 2.13. The lowest BCUT2D eigenvalue weighted by Crippen LogP contribution is -2.14. The van der Waals surface area contributed by atoms with Gasteiger partial charge in [-0.05, 0) is 55.3 Å². The van der Waals surface area contributed by atoms with Crippen molar-refractivity contribution in [3.8, 4) is 5.75 Å². The van der Waals surface area contributed by atoms with E-state index in [-0.39, 0.29) is 18.3 Å². The molecule has 6 nitrogen and oxygen atoms in total. The zero-order chi connectivity index (χ0) is 23.1. The van der Waals surface area contributed by atoms with Crippen molar-refractivity contribution in [2.75, 3.05) is 18.5 Å².